The van der Waals surface area contributed by atoms with Crippen molar-refractivity contribution in [3.05, 3.63) is 59.4 Å². The summed E-state index contributed by atoms with van der Waals surface area (Å²) in [4.78, 5) is 4.79. The van der Waals surface area contributed by atoms with Gasteiger partial charge in [0, 0.05) is 45.4 Å². The maximum absolute atomic E-state index is 13.2. The Bertz CT molecular complexity index is 754. The summed E-state index contributed by atoms with van der Waals surface area (Å²) < 4.78 is 23.9. The monoisotopic (exact) mass is 388 g/mol. The maximum Gasteiger partial charge on any atom is 0.161 e. The first-order chi connectivity index (χ1) is 13.6. The van der Waals surface area contributed by atoms with Crippen LogP contribution in [-0.4, -0.2) is 61.4 Å². The summed E-state index contributed by atoms with van der Waals surface area (Å²) >= 11 is 0. The van der Waals surface area contributed by atoms with Crippen LogP contribution >= 0.6 is 0 Å². The molecule has 1 saturated heterocycles. The standard InChI is InChI=1S/C22H29FN2O3/c1-27-21-8-5-18(13-22(21)28-2)14-24-10-11-25(20(16-24)9-12-26)15-17-3-6-19(23)7-4-17/h3-8,13,20,26H,9-12,14-16H2,1-2H3/t20-/m1/s1. The van der Waals surface area contributed by atoms with Crippen LogP contribution in [-0.2, 0) is 13.1 Å². The van der Waals surface area contributed by atoms with Crippen molar-refractivity contribution in [1.82, 2.24) is 9.80 Å². The largest absolute Gasteiger partial charge is 0.493 e. The highest BCUT2D eigenvalue weighted by Crippen LogP contribution is 2.28. The van der Waals surface area contributed by atoms with Crippen LogP contribution in [0.1, 0.15) is 17.5 Å². The van der Waals surface area contributed by atoms with Gasteiger partial charge in [0.15, 0.2) is 11.5 Å². The summed E-state index contributed by atoms with van der Waals surface area (Å²) in [6.45, 7) is 4.50. The smallest absolute Gasteiger partial charge is 0.161 e. The Hall–Kier alpha value is -2.15. The van der Waals surface area contributed by atoms with Gasteiger partial charge in [-0.25, -0.2) is 4.39 Å². The van der Waals surface area contributed by atoms with Crippen LogP contribution in [0, 0.1) is 5.82 Å². The van der Waals surface area contributed by atoms with E-state index in [1.807, 2.05) is 24.3 Å². The topological polar surface area (TPSA) is 45.2 Å². The minimum atomic E-state index is -0.213. The van der Waals surface area contributed by atoms with Gasteiger partial charge in [0.05, 0.1) is 14.2 Å². The molecule has 0 amide bonds. The zero-order valence-electron chi connectivity index (χ0n) is 16.6. The second-order valence-electron chi connectivity index (χ2n) is 7.19. The van der Waals surface area contributed by atoms with Crippen molar-refractivity contribution in [1.29, 1.82) is 0 Å². The first-order valence-corrected chi connectivity index (χ1v) is 9.65. The molecule has 0 unspecified atom stereocenters. The Kier molecular flexibility index (Phi) is 7.25. The van der Waals surface area contributed by atoms with E-state index in [-0.39, 0.29) is 18.5 Å². The number of ether oxygens (including phenoxy) is 2. The number of hydrogen-bond acceptors (Lipinski definition) is 5. The lowest BCUT2D eigenvalue weighted by molar-refractivity contribution is 0.0499. The third-order valence-electron chi connectivity index (χ3n) is 5.30. The maximum atomic E-state index is 13.2. The fourth-order valence-corrected chi connectivity index (χ4v) is 3.79. The molecule has 2 aromatic rings. The molecular weight excluding hydrogens is 359 g/mol. The van der Waals surface area contributed by atoms with Gasteiger partial charge in [0.25, 0.3) is 0 Å². The molecule has 3 rings (SSSR count). The number of hydrogen-bond donors (Lipinski definition) is 1. The lowest BCUT2D eigenvalue weighted by Gasteiger charge is -2.41. The average molecular weight is 388 g/mol. The summed E-state index contributed by atoms with van der Waals surface area (Å²) in [6, 6.07) is 13.0. The predicted molar refractivity (Wildman–Crippen MR) is 107 cm³/mol. The molecule has 1 fully saturated rings. The van der Waals surface area contributed by atoms with Gasteiger partial charge < -0.3 is 14.6 Å². The van der Waals surface area contributed by atoms with Gasteiger partial charge in [0.1, 0.15) is 5.82 Å². The van der Waals surface area contributed by atoms with Gasteiger partial charge in [-0.05, 0) is 41.8 Å². The van der Waals surface area contributed by atoms with E-state index in [1.54, 1.807) is 14.2 Å². The number of nitrogens with zero attached hydrogens (tertiary/aromatic N) is 2. The second kappa shape index (κ2) is 9.87. The van der Waals surface area contributed by atoms with Crippen molar-refractivity contribution in [2.24, 2.45) is 0 Å². The zero-order valence-corrected chi connectivity index (χ0v) is 16.6. The zero-order chi connectivity index (χ0) is 19.9. The molecule has 152 valence electrons. The Morgan fingerprint density at radius 1 is 0.964 bits per heavy atom. The number of methoxy groups -OCH3 is 2. The Labute approximate surface area is 166 Å². The predicted octanol–water partition coefficient (Wildman–Crippen LogP) is 2.91. The van der Waals surface area contributed by atoms with Gasteiger partial charge >= 0.3 is 0 Å². The molecule has 0 aromatic heterocycles. The second-order valence-corrected chi connectivity index (χ2v) is 7.19. The van der Waals surface area contributed by atoms with Gasteiger partial charge in [0.2, 0.25) is 0 Å². The Balaban J connectivity index is 1.64. The molecule has 2 aromatic carbocycles. The minimum absolute atomic E-state index is 0.161. The number of benzene rings is 2. The van der Waals surface area contributed by atoms with E-state index in [0.717, 1.165) is 56.2 Å². The molecule has 0 bridgehead atoms. The minimum Gasteiger partial charge on any atom is -0.493 e. The van der Waals surface area contributed by atoms with E-state index in [2.05, 4.69) is 15.9 Å². The molecule has 1 atom stereocenters. The summed E-state index contributed by atoms with van der Waals surface area (Å²) in [5, 5.41) is 9.52. The van der Waals surface area contributed by atoms with Gasteiger partial charge in [-0.1, -0.05) is 18.2 Å². The highest BCUT2D eigenvalue weighted by atomic mass is 19.1. The van der Waals surface area contributed by atoms with E-state index in [4.69, 9.17) is 9.47 Å². The average Bonchev–Trinajstić information content (AvgIpc) is 2.71. The number of aliphatic hydroxyl groups excluding tert-OH is 1. The molecule has 5 nitrogen and oxygen atoms in total. The first-order valence-electron chi connectivity index (χ1n) is 9.65. The molecule has 28 heavy (non-hydrogen) atoms. The molecule has 6 heteroatoms. The third kappa shape index (κ3) is 5.22. The van der Waals surface area contributed by atoms with E-state index < -0.39 is 0 Å². The van der Waals surface area contributed by atoms with Crippen LogP contribution in [0.3, 0.4) is 0 Å². The summed E-state index contributed by atoms with van der Waals surface area (Å²) in [5.74, 6) is 1.26. The summed E-state index contributed by atoms with van der Waals surface area (Å²) in [6.07, 6.45) is 0.726. The van der Waals surface area contributed by atoms with Crippen LogP contribution in [0.15, 0.2) is 42.5 Å². The molecule has 1 aliphatic heterocycles. The summed E-state index contributed by atoms with van der Waals surface area (Å²) in [7, 11) is 3.28. The van der Waals surface area contributed by atoms with Crippen LogP contribution in [0.4, 0.5) is 4.39 Å². The van der Waals surface area contributed by atoms with E-state index >= 15 is 0 Å². The van der Waals surface area contributed by atoms with Crippen molar-refractivity contribution in [3.8, 4) is 11.5 Å². The van der Waals surface area contributed by atoms with Crippen molar-refractivity contribution in [2.75, 3.05) is 40.5 Å². The highest BCUT2D eigenvalue weighted by molar-refractivity contribution is 5.42. The normalized spacial score (nSPS) is 18.2. The lowest BCUT2D eigenvalue weighted by atomic mass is 10.1. The number of aliphatic hydroxyl groups is 1. The lowest BCUT2D eigenvalue weighted by Crippen LogP contribution is -2.52. The van der Waals surface area contributed by atoms with E-state index in [0.29, 0.717) is 0 Å². The molecule has 0 radical (unpaired) electrons. The molecular formula is C22H29FN2O3. The number of piperazine rings is 1. The Morgan fingerprint density at radius 2 is 1.68 bits per heavy atom. The molecule has 1 heterocycles. The Morgan fingerprint density at radius 3 is 2.36 bits per heavy atom. The van der Waals surface area contributed by atoms with E-state index in [1.165, 1.54) is 17.7 Å². The van der Waals surface area contributed by atoms with Crippen LogP contribution in [0.5, 0.6) is 11.5 Å². The fraction of sp³-hybridized carbons (Fsp3) is 0.455. The van der Waals surface area contributed by atoms with Crippen molar-refractivity contribution in [2.45, 2.75) is 25.6 Å². The van der Waals surface area contributed by atoms with Gasteiger partial charge in [-0.15, -0.1) is 0 Å². The SMILES string of the molecule is COc1ccc(CN2CCN(Cc3ccc(F)cc3)[C@H](CCO)C2)cc1OC. The first kappa shape index (κ1) is 20.6. The number of rotatable bonds is 8. The molecule has 1 aliphatic rings. The van der Waals surface area contributed by atoms with Crippen LogP contribution in [0.25, 0.3) is 0 Å². The van der Waals surface area contributed by atoms with E-state index in [9.17, 15) is 9.50 Å². The third-order valence-corrected chi connectivity index (χ3v) is 5.30. The molecule has 0 spiro atoms. The van der Waals surface area contributed by atoms with Crippen LogP contribution in [0.2, 0.25) is 0 Å². The summed E-state index contributed by atoms with van der Waals surface area (Å²) in [5.41, 5.74) is 2.27. The quantitative estimate of drug-likeness (QED) is 0.753. The van der Waals surface area contributed by atoms with Crippen molar-refractivity contribution >= 4 is 0 Å². The van der Waals surface area contributed by atoms with Gasteiger partial charge in [-0.2, -0.15) is 0 Å². The van der Waals surface area contributed by atoms with Crippen LogP contribution < -0.4 is 9.47 Å². The molecule has 1 N–H and O–H groups in total. The fourth-order valence-electron chi connectivity index (χ4n) is 3.79. The van der Waals surface area contributed by atoms with Crippen molar-refractivity contribution < 1.29 is 19.0 Å². The van der Waals surface area contributed by atoms with Crippen molar-refractivity contribution in [3.63, 3.8) is 0 Å². The molecule has 0 aliphatic carbocycles. The highest BCUT2D eigenvalue weighted by Gasteiger charge is 2.26. The number of halogens is 1. The molecule has 0 saturated carbocycles. The van der Waals surface area contributed by atoms with Gasteiger partial charge in [-0.3, -0.25) is 9.80 Å².